The van der Waals surface area contributed by atoms with Crippen LogP contribution >= 0.6 is 15.9 Å². The van der Waals surface area contributed by atoms with E-state index >= 15 is 0 Å². The molecule has 5 nitrogen and oxygen atoms in total. The van der Waals surface area contributed by atoms with Gasteiger partial charge in [-0.2, -0.15) is 0 Å². The average molecular weight is 359 g/mol. The van der Waals surface area contributed by atoms with Gasteiger partial charge in [-0.05, 0) is 17.7 Å². The molecule has 116 valence electrons. The number of benzene rings is 1. The molecule has 0 N–H and O–H groups in total. The van der Waals surface area contributed by atoms with Crippen LogP contribution in [0.1, 0.15) is 24.2 Å². The first-order chi connectivity index (χ1) is 9.90. The third-order valence-corrected chi connectivity index (χ3v) is 3.80. The summed E-state index contributed by atoms with van der Waals surface area (Å²) in [6.07, 6.45) is -0.916. The number of hydrogen-bond donors (Lipinski definition) is 0. The first-order valence-electron chi connectivity index (χ1n) is 6.47. The highest BCUT2D eigenvalue weighted by Crippen LogP contribution is 2.27. The number of esters is 2. The molecule has 1 unspecified atom stereocenters. The molecule has 0 aliphatic heterocycles. The van der Waals surface area contributed by atoms with Gasteiger partial charge < -0.3 is 14.2 Å². The van der Waals surface area contributed by atoms with E-state index in [-0.39, 0.29) is 5.92 Å². The summed E-state index contributed by atoms with van der Waals surface area (Å²) in [5, 5.41) is 0. The van der Waals surface area contributed by atoms with Crippen LogP contribution in [0.15, 0.2) is 24.3 Å². The largest absolute Gasteiger partial charge is 0.497 e. The maximum absolute atomic E-state index is 12.1. The molecule has 0 saturated carbocycles. The van der Waals surface area contributed by atoms with E-state index in [0.717, 1.165) is 0 Å². The third kappa shape index (κ3) is 4.74. The summed E-state index contributed by atoms with van der Waals surface area (Å²) in [4.78, 5) is 23.1. The minimum Gasteiger partial charge on any atom is -0.497 e. The van der Waals surface area contributed by atoms with Crippen molar-refractivity contribution in [3.63, 3.8) is 0 Å². The van der Waals surface area contributed by atoms with Crippen LogP contribution in [0.2, 0.25) is 0 Å². The predicted molar refractivity (Wildman–Crippen MR) is 81.4 cm³/mol. The SMILES string of the molecule is COC(=O)[C@@H](OC(=O)C(Br)c1ccc(OC)cc1)C(C)C. The number of rotatable bonds is 6. The fraction of sp³-hybridized carbons (Fsp3) is 0.467. The summed E-state index contributed by atoms with van der Waals surface area (Å²) >= 11 is 3.28. The zero-order valence-electron chi connectivity index (χ0n) is 12.5. The van der Waals surface area contributed by atoms with E-state index in [4.69, 9.17) is 9.47 Å². The van der Waals surface area contributed by atoms with Crippen molar-refractivity contribution in [3.05, 3.63) is 29.8 Å². The normalized spacial score (nSPS) is 13.4. The molecule has 0 saturated heterocycles. The van der Waals surface area contributed by atoms with Crippen molar-refractivity contribution in [3.8, 4) is 5.75 Å². The fourth-order valence-corrected chi connectivity index (χ4v) is 2.08. The molecule has 0 fully saturated rings. The van der Waals surface area contributed by atoms with Crippen molar-refractivity contribution in [1.29, 1.82) is 0 Å². The second kappa shape index (κ2) is 8.02. The topological polar surface area (TPSA) is 61.8 Å². The molecule has 0 aromatic heterocycles. The number of methoxy groups -OCH3 is 2. The Hall–Kier alpha value is -1.56. The lowest BCUT2D eigenvalue weighted by Gasteiger charge is -2.20. The van der Waals surface area contributed by atoms with E-state index in [2.05, 4.69) is 20.7 Å². The van der Waals surface area contributed by atoms with E-state index in [1.54, 1.807) is 45.2 Å². The van der Waals surface area contributed by atoms with Gasteiger partial charge in [-0.25, -0.2) is 4.79 Å². The van der Waals surface area contributed by atoms with Crippen molar-refractivity contribution < 1.29 is 23.8 Å². The Bertz CT molecular complexity index is 483. The van der Waals surface area contributed by atoms with Gasteiger partial charge in [0, 0.05) is 5.92 Å². The van der Waals surface area contributed by atoms with Crippen LogP contribution in [0.4, 0.5) is 0 Å². The number of carbonyl (C=O) groups excluding carboxylic acids is 2. The standard InChI is InChI=1S/C15H19BrO5/c1-9(2)13(15(18)20-4)21-14(17)12(16)10-5-7-11(19-3)8-6-10/h5-9,12-13H,1-4H3/t12?,13-/m0/s1. The molecule has 21 heavy (non-hydrogen) atoms. The van der Waals surface area contributed by atoms with Gasteiger partial charge >= 0.3 is 11.9 Å². The second-order valence-electron chi connectivity index (χ2n) is 4.76. The number of halogens is 1. The molecule has 6 heteroatoms. The lowest BCUT2D eigenvalue weighted by Crippen LogP contribution is -2.34. The quantitative estimate of drug-likeness (QED) is 0.577. The van der Waals surface area contributed by atoms with E-state index in [1.807, 2.05) is 0 Å². The summed E-state index contributed by atoms with van der Waals surface area (Å²) in [6, 6.07) is 7.00. The summed E-state index contributed by atoms with van der Waals surface area (Å²) in [5.74, 6) is -0.574. The Morgan fingerprint density at radius 1 is 1.05 bits per heavy atom. The monoisotopic (exact) mass is 358 g/mol. The van der Waals surface area contributed by atoms with Crippen LogP contribution in [0, 0.1) is 5.92 Å². The van der Waals surface area contributed by atoms with Gasteiger partial charge in [0.2, 0.25) is 6.10 Å². The second-order valence-corrected chi connectivity index (χ2v) is 5.68. The molecule has 2 atom stereocenters. The molecule has 0 spiro atoms. The summed E-state index contributed by atoms with van der Waals surface area (Å²) < 4.78 is 14.9. The third-order valence-electron chi connectivity index (χ3n) is 2.90. The van der Waals surface area contributed by atoms with Gasteiger partial charge in [0.1, 0.15) is 10.6 Å². The molecular formula is C15H19BrO5. The average Bonchev–Trinajstić information content (AvgIpc) is 2.50. The zero-order valence-corrected chi connectivity index (χ0v) is 14.0. The lowest BCUT2D eigenvalue weighted by atomic mass is 10.1. The van der Waals surface area contributed by atoms with Crippen molar-refractivity contribution in [1.82, 2.24) is 0 Å². The smallest absolute Gasteiger partial charge is 0.347 e. The van der Waals surface area contributed by atoms with Crippen LogP contribution in [-0.2, 0) is 19.1 Å². The van der Waals surface area contributed by atoms with Crippen LogP contribution in [0.3, 0.4) is 0 Å². The molecule has 0 aliphatic carbocycles. The highest BCUT2D eigenvalue weighted by molar-refractivity contribution is 9.09. The van der Waals surface area contributed by atoms with Gasteiger partial charge in [0.25, 0.3) is 0 Å². The number of carbonyl (C=O) groups is 2. The molecule has 1 aromatic rings. The van der Waals surface area contributed by atoms with Crippen molar-refractivity contribution in [2.45, 2.75) is 24.8 Å². The Morgan fingerprint density at radius 3 is 2.05 bits per heavy atom. The van der Waals surface area contributed by atoms with E-state index in [1.165, 1.54) is 7.11 Å². The lowest BCUT2D eigenvalue weighted by molar-refractivity contribution is -0.168. The van der Waals surface area contributed by atoms with Gasteiger partial charge in [0.05, 0.1) is 14.2 Å². The molecule has 1 aromatic carbocycles. The summed E-state index contributed by atoms with van der Waals surface area (Å²) in [5.41, 5.74) is 0.716. The highest BCUT2D eigenvalue weighted by atomic mass is 79.9. The molecule has 0 radical (unpaired) electrons. The molecule has 1 rings (SSSR count). The molecule has 0 heterocycles. The van der Waals surface area contributed by atoms with E-state index < -0.39 is 22.9 Å². The van der Waals surface area contributed by atoms with Crippen molar-refractivity contribution in [2.24, 2.45) is 5.92 Å². The maximum atomic E-state index is 12.1. The molecule has 0 aliphatic rings. The first kappa shape index (κ1) is 17.5. The molecular weight excluding hydrogens is 340 g/mol. The van der Waals surface area contributed by atoms with Crippen LogP contribution in [0.25, 0.3) is 0 Å². The van der Waals surface area contributed by atoms with Crippen LogP contribution < -0.4 is 4.74 Å². The highest BCUT2D eigenvalue weighted by Gasteiger charge is 2.30. The Labute approximate surface area is 132 Å². The molecule has 0 amide bonds. The summed E-state index contributed by atoms with van der Waals surface area (Å²) in [6.45, 7) is 3.57. The predicted octanol–water partition coefficient (Wildman–Crippen LogP) is 2.87. The van der Waals surface area contributed by atoms with Gasteiger partial charge in [-0.1, -0.05) is 41.9 Å². The Balaban J connectivity index is 2.78. The minimum absolute atomic E-state index is 0.169. The van der Waals surface area contributed by atoms with E-state index in [0.29, 0.717) is 11.3 Å². The van der Waals surface area contributed by atoms with Crippen LogP contribution in [-0.4, -0.2) is 32.3 Å². The number of hydrogen-bond acceptors (Lipinski definition) is 5. The van der Waals surface area contributed by atoms with E-state index in [9.17, 15) is 9.59 Å². The maximum Gasteiger partial charge on any atom is 0.347 e. The van der Waals surface area contributed by atoms with Crippen molar-refractivity contribution in [2.75, 3.05) is 14.2 Å². The van der Waals surface area contributed by atoms with Gasteiger partial charge in [0.15, 0.2) is 0 Å². The van der Waals surface area contributed by atoms with Crippen LogP contribution in [0.5, 0.6) is 5.75 Å². The number of alkyl halides is 1. The molecule has 0 bridgehead atoms. The number of ether oxygens (including phenoxy) is 3. The first-order valence-corrected chi connectivity index (χ1v) is 7.38. The van der Waals surface area contributed by atoms with Gasteiger partial charge in [-0.3, -0.25) is 4.79 Å². The Morgan fingerprint density at radius 2 is 1.62 bits per heavy atom. The Kier molecular flexibility index (Phi) is 6.68. The minimum atomic E-state index is -0.916. The van der Waals surface area contributed by atoms with Crippen molar-refractivity contribution >= 4 is 27.9 Å². The fourth-order valence-electron chi connectivity index (χ4n) is 1.67. The van der Waals surface area contributed by atoms with Gasteiger partial charge in [-0.15, -0.1) is 0 Å². The summed E-state index contributed by atoms with van der Waals surface area (Å²) in [7, 11) is 2.83. The zero-order chi connectivity index (χ0) is 16.0.